The molecule has 0 fully saturated rings. The minimum atomic E-state index is -1.17. The molecule has 7 N–H and O–H groups in total. The second-order valence-electron chi connectivity index (χ2n) is 3.27. The SMILES string of the molecule is NC(CCC(=O)O)C(=O)O.O=C(O)CNCC(=O)O. The third-order valence-electron chi connectivity index (χ3n) is 1.54. The van der Waals surface area contributed by atoms with E-state index in [9.17, 15) is 19.2 Å². The topological polar surface area (TPSA) is 187 Å². The van der Waals surface area contributed by atoms with E-state index in [2.05, 4.69) is 5.32 Å². The van der Waals surface area contributed by atoms with Gasteiger partial charge in [-0.15, -0.1) is 0 Å². The third-order valence-corrected chi connectivity index (χ3v) is 1.54. The van der Waals surface area contributed by atoms with Gasteiger partial charge >= 0.3 is 23.9 Å². The van der Waals surface area contributed by atoms with Gasteiger partial charge in [-0.25, -0.2) is 0 Å². The van der Waals surface area contributed by atoms with Crippen LogP contribution in [0.1, 0.15) is 12.8 Å². The smallest absolute Gasteiger partial charge is 0.320 e. The highest BCUT2D eigenvalue weighted by Crippen LogP contribution is 1.93. The van der Waals surface area contributed by atoms with Crippen molar-refractivity contribution >= 4 is 23.9 Å². The van der Waals surface area contributed by atoms with Gasteiger partial charge in [0.1, 0.15) is 6.04 Å². The van der Waals surface area contributed by atoms with Crippen molar-refractivity contribution in [1.82, 2.24) is 5.32 Å². The van der Waals surface area contributed by atoms with Gasteiger partial charge in [0.2, 0.25) is 0 Å². The zero-order valence-corrected chi connectivity index (χ0v) is 9.90. The van der Waals surface area contributed by atoms with Crippen molar-refractivity contribution in [2.24, 2.45) is 5.73 Å². The van der Waals surface area contributed by atoms with Crippen LogP contribution in [0.15, 0.2) is 0 Å². The second kappa shape index (κ2) is 10.9. The van der Waals surface area contributed by atoms with Crippen molar-refractivity contribution in [2.75, 3.05) is 13.1 Å². The molecular formula is C9H16N2O8. The Morgan fingerprint density at radius 2 is 1.32 bits per heavy atom. The van der Waals surface area contributed by atoms with Gasteiger partial charge in [-0.05, 0) is 6.42 Å². The zero-order chi connectivity index (χ0) is 15.4. The van der Waals surface area contributed by atoms with Gasteiger partial charge in [0.15, 0.2) is 0 Å². The van der Waals surface area contributed by atoms with E-state index < -0.39 is 29.9 Å². The lowest BCUT2D eigenvalue weighted by Gasteiger charge is -2.01. The highest BCUT2D eigenvalue weighted by atomic mass is 16.4. The predicted molar refractivity (Wildman–Crippen MR) is 60.6 cm³/mol. The minimum Gasteiger partial charge on any atom is -0.481 e. The number of carbonyl (C=O) groups is 4. The van der Waals surface area contributed by atoms with Crippen LogP contribution in [0, 0.1) is 0 Å². The Balaban J connectivity index is 0. The zero-order valence-electron chi connectivity index (χ0n) is 9.90. The molecule has 0 saturated carbocycles. The average Bonchev–Trinajstić information content (AvgIpc) is 2.25. The minimum absolute atomic E-state index is 0.0231. The highest BCUT2D eigenvalue weighted by molar-refractivity contribution is 5.74. The van der Waals surface area contributed by atoms with Crippen LogP contribution in [0.25, 0.3) is 0 Å². The summed E-state index contributed by atoms with van der Waals surface area (Å²) in [5.74, 6) is -4.31. The number of rotatable bonds is 8. The Hall–Kier alpha value is -2.20. The van der Waals surface area contributed by atoms with Crippen molar-refractivity contribution in [2.45, 2.75) is 18.9 Å². The maximum atomic E-state index is 9.99. The molecule has 1 unspecified atom stereocenters. The Kier molecular flexibility index (Phi) is 11.0. The largest absolute Gasteiger partial charge is 0.481 e. The van der Waals surface area contributed by atoms with Crippen molar-refractivity contribution in [3.63, 3.8) is 0 Å². The first kappa shape index (κ1) is 19.1. The summed E-state index contributed by atoms with van der Waals surface area (Å²) in [7, 11) is 0. The van der Waals surface area contributed by atoms with Crippen LogP contribution in [0.5, 0.6) is 0 Å². The molecule has 0 bridgehead atoms. The molecule has 0 radical (unpaired) electrons. The van der Waals surface area contributed by atoms with Gasteiger partial charge in [-0.1, -0.05) is 0 Å². The number of carboxylic acid groups (broad SMARTS) is 4. The average molecular weight is 280 g/mol. The number of aliphatic carboxylic acids is 4. The van der Waals surface area contributed by atoms with Crippen molar-refractivity contribution in [1.29, 1.82) is 0 Å². The van der Waals surface area contributed by atoms with Gasteiger partial charge in [-0.2, -0.15) is 0 Å². The van der Waals surface area contributed by atoms with Crippen LogP contribution >= 0.6 is 0 Å². The number of nitrogens with one attached hydrogen (secondary N) is 1. The summed E-state index contributed by atoms with van der Waals surface area (Å²) in [6, 6.07) is -1.06. The molecule has 10 nitrogen and oxygen atoms in total. The maximum absolute atomic E-state index is 9.99. The predicted octanol–water partition coefficient (Wildman–Crippen LogP) is -1.99. The molecule has 19 heavy (non-hydrogen) atoms. The first-order valence-electron chi connectivity index (χ1n) is 5.01. The van der Waals surface area contributed by atoms with Gasteiger partial charge in [0.05, 0.1) is 13.1 Å². The van der Waals surface area contributed by atoms with Gasteiger partial charge in [0.25, 0.3) is 0 Å². The lowest BCUT2D eigenvalue weighted by molar-refractivity contribution is -0.140. The summed E-state index contributed by atoms with van der Waals surface area (Å²) in [5.41, 5.74) is 5.00. The highest BCUT2D eigenvalue weighted by Gasteiger charge is 2.12. The molecule has 0 aromatic heterocycles. The van der Waals surface area contributed by atoms with E-state index in [0.717, 1.165) is 0 Å². The molecule has 0 heterocycles. The van der Waals surface area contributed by atoms with Crippen LogP contribution in [0.3, 0.4) is 0 Å². The molecule has 0 aromatic rings. The van der Waals surface area contributed by atoms with Crippen LogP contribution in [0.4, 0.5) is 0 Å². The van der Waals surface area contributed by atoms with Crippen molar-refractivity contribution < 1.29 is 39.6 Å². The first-order valence-corrected chi connectivity index (χ1v) is 5.01. The molecule has 0 rings (SSSR count). The molecular weight excluding hydrogens is 264 g/mol. The van der Waals surface area contributed by atoms with E-state index in [1.54, 1.807) is 0 Å². The van der Waals surface area contributed by atoms with Gasteiger partial charge in [-0.3, -0.25) is 24.5 Å². The van der Waals surface area contributed by atoms with Crippen LogP contribution in [0.2, 0.25) is 0 Å². The molecule has 0 amide bonds. The molecule has 10 heteroatoms. The Labute approximate surface area is 107 Å². The first-order chi connectivity index (χ1) is 8.66. The van der Waals surface area contributed by atoms with E-state index in [0.29, 0.717) is 0 Å². The van der Waals surface area contributed by atoms with E-state index >= 15 is 0 Å². The van der Waals surface area contributed by atoms with Crippen LogP contribution < -0.4 is 11.1 Å². The summed E-state index contributed by atoms with van der Waals surface area (Å²) >= 11 is 0. The summed E-state index contributed by atoms with van der Waals surface area (Å²) in [5, 5.41) is 34.4. The molecule has 0 spiro atoms. The monoisotopic (exact) mass is 280 g/mol. The number of carboxylic acids is 4. The molecule has 110 valence electrons. The molecule has 0 aromatic carbocycles. The molecule has 0 aliphatic carbocycles. The van der Waals surface area contributed by atoms with Gasteiger partial charge < -0.3 is 26.2 Å². The van der Waals surface area contributed by atoms with Crippen LogP contribution in [-0.2, 0) is 19.2 Å². The van der Waals surface area contributed by atoms with Gasteiger partial charge in [0, 0.05) is 6.42 Å². The normalized spacial score (nSPS) is 10.8. The van der Waals surface area contributed by atoms with Crippen molar-refractivity contribution in [3.8, 4) is 0 Å². The number of hydrogen-bond acceptors (Lipinski definition) is 6. The summed E-state index contributed by atoms with van der Waals surface area (Å²) in [6.45, 7) is -0.626. The summed E-state index contributed by atoms with van der Waals surface area (Å²) in [6.07, 6.45) is -0.224. The number of nitrogens with two attached hydrogens (primary N) is 1. The van der Waals surface area contributed by atoms with E-state index in [4.69, 9.17) is 26.2 Å². The fourth-order valence-electron chi connectivity index (χ4n) is 0.679. The van der Waals surface area contributed by atoms with E-state index in [1.807, 2.05) is 0 Å². The number of hydrogen-bond donors (Lipinski definition) is 6. The Morgan fingerprint density at radius 1 is 0.895 bits per heavy atom. The molecule has 0 saturated heterocycles. The fourth-order valence-corrected chi connectivity index (χ4v) is 0.679. The van der Waals surface area contributed by atoms with Crippen molar-refractivity contribution in [3.05, 3.63) is 0 Å². The third kappa shape index (κ3) is 18.4. The standard InChI is InChI=1S/C5H9NO4.C4H7NO4/c6-3(5(9)10)1-2-4(7)8;6-3(7)1-5-2-4(8)9/h3H,1-2,6H2,(H,7,8)(H,9,10);5H,1-2H2,(H,6,7)(H,8,9). The van der Waals surface area contributed by atoms with E-state index in [-0.39, 0.29) is 25.9 Å². The van der Waals surface area contributed by atoms with E-state index in [1.165, 1.54) is 0 Å². The molecule has 0 aliphatic rings. The molecule has 1 atom stereocenters. The van der Waals surface area contributed by atoms with Crippen LogP contribution in [-0.4, -0.2) is 63.4 Å². The fraction of sp³-hybridized carbons (Fsp3) is 0.556. The Bertz CT molecular complexity index is 316. The Morgan fingerprint density at radius 3 is 1.58 bits per heavy atom. The quantitative estimate of drug-likeness (QED) is 0.290. The lowest BCUT2D eigenvalue weighted by Crippen LogP contribution is -2.30. The summed E-state index contributed by atoms with van der Waals surface area (Å²) < 4.78 is 0. The maximum Gasteiger partial charge on any atom is 0.320 e. The lowest BCUT2D eigenvalue weighted by atomic mass is 10.2. The second-order valence-corrected chi connectivity index (χ2v) is 3.27. The summed E-state index contributed by atoms with van der Waals surface area (Å²) in [4.78, 5) is 39.3. The molecule has 0 aliphatic heterocycles.